The van der Waals surface area contributed by atoms with E-state index in [2.05, 4.69) is 0 Å². The second-order valence-electron chi connectivity index (χ2n) is 12.1. The zero-order valence-corrected chi connectivity index (χ0v) is 24.0. The Kier molecular flexibility index (Phi) is 6.32. The van der Waals surface area contributed by atoms with Gasteiger partial charge in [0.15, 0.2) is 0 Å². The molecule has 6 unspecified atom stereocenters. The molecule has 1 N–H and O–H groups in total. The van der Waals surface area contributed by atoms with Crippen molar-refractivity contribution in [2.75, 3.05) is 4.90 Å². The van der Waals surface area contributed by atoms with Gasteiger partial charge >= 0.3 is 0 Å². The number of anilines is 1. The van der Waals surface area contributed by atoms with Crippen LogP contribution in [0.15, 0.2) is 84.4 Å². The zero-order valence-electron chi connectivity index (χ0n) is 23.2. The first-order valence-electron chi connectivity index (χ1n) is 14.3. The number of halogens is 2. The third-order valence-electron chi connectivity index (χ3n) is 9.91. The minimum Gasteiger partial charge on any atom is -0.508 e. The maximum atomic E-state index is 14.4. The van der Waals surface area contributed by atoms with Crippen molar-refractivity contribution in [3.05, 3.63) is 106 Å². The molecule has 0 aromatic heterocycles. The molecule has 0 bridgehead atoms. The number of phenols is 1. The number of aromatic hydroxyl groups is 1. The Bertz CT molecular complexity index is 1740. The van der Waals surface area contributed by atoms with Crippen LogP contribution in [-0.4, -0.2) is 33.6 Å². The van der Waals surface area contributed by atoms with E-state index in [4.69, 9.17) is 11.6 Å². The third kappa shape index (κ3) is 3.99. The number of carbonyl (C=O) groups excluding carboxylic acids is 4. The van der Waals surface area contributed by atoms with Gasteiger partial charge in [-0.1, -0.05) is 65.7 Å². The van der Waals surface area contributed by atoms with Crippen molar-refractivity contribution in [1.29, 1.82) is 0 Å². The van der Waals surface area contributed by atoms with Gasteiger partial charge in [-0.05, 0) is 67.1 Å². The lowest BCUT2D eigenvalue weighted by Gasteiger charge is -2.49. The second-order valence-corrected chi connectivity index (χ2v) is 12.5. The van der Waals surface area contributed by atoms with E-state index in [0.29, 0.717) is 12.0 Å². The largest absolute Gasteiger partial charge is 0.508 e. The summed E-state index contributed by atoms with van der Waals surface area (Å²) in [5.41, 5.74) is 1.21. The van der Waals surface area contributed by atoms with Crippen molar-refractivity contribution in [2.45, 2.75) is 32.2 Å². The number of benzene rings is 3. The number of hydrogen-bond acceptors (Lipinski definition) is 5. The fourth-order valence-electron chi connectivity index (χ4n) is 7.96. The van der Waals surface area contributed by atoms with Gasteiger partial charge in [-0.25, -0.2) is 9.29 Å². The molecular weight excluding hydrogens is 571 g/mol. The highest BCUT2D eigenvalue weighted by Crippen LogP contribution is 2.63. The number of carbonyl (C=O) groups is 4. The SMILES string of the molecule is CC12C(=O)N(c3ccc(F)c(Cl)c3)C(=O)C1CC1C(=CCC3C(=O)N(Cc4ccccc4)C(=O)C31)C2c1cccc(O)c1. The molecule has 7 rings (SSSR count). The first kappa shape index (κ1) is 27.5. The van der Waals surface area contributed by atoms with E-state index in [-0.39, 0.29) is 41.2 Å². The van der Waals surface area contributed by atoms with Gasteiger partial charge in [-0.2, -0.15) is 0 Å². The van der Waals surface area contributed by atoms with Crippen LogP contribution in [0.2, 0.25) is 5.02 Å². The van der Waals surface area contributed by atoms with E-state index in [1.54, 1.807) is 25.1 Å². The zero-order chi connectivity index (χ0) is 30.2. The highest BCUT2D eigenvalue weighted by atomic mass is 35.5. The first-order chi connectivity index (χ1) is 20.6. The molecule has 2 heterocycles. The molecule has 218 valence electrons. The van der Waals surface area contributed by atoms with E-state index >= 15 is 0 Å². The summed E-state index contributed by atoms with van der Waals surface area (Å²) in [4.78, 5) is 58.5. The van der Waals surface area contributed by atoms with Crippen molar-refractivity contribution in [3.8, 4) is 5.75 Å². The number of imide groups is 2. The Labute approximate surface area is 252 Å². The van der Waals surface area contributed by atoms with Crippen molar-refractivity contribution in [2.24, 2.45) is 29.1 Å². The maximum absolute atomic E-state index is 14.4. The molecule has 3 fully saturated rings. The molecule has 0 radical (unpaired) electrons. The molecule has 2 saturated heterocycles. The molecule has 0 spiro atoms. The Morgan fingerprint density at radius 3 is 2.42 bits per heavy atom. The van der Waals surface area contributed by atoms with E-state index in [1.807, 2.05) is 36.4 Å². The minimum absolute atomic E-state index is 0.00848. The number of amides is 4. The lowest BCUT2D eigenvalue weighted by molar-refractivity contribution is -0.141. The smallest absolute Gasteiger partial charge is 0.241 e. The van der Waals surface area contributed by atoms with E-state index < -0.39 is 52.6 Å². The Morgan fingerprint density at radius 2 is 1.70 bits per heavy atom. The maximum Gasteiger partial charge on any atom is 0.241 e. The third-order valence-corrected chi connectivity index (χ3v) is 10.2. The number of rotatable bonds is 4. The molecule has 4 aliphatic rings. The van der Waals surface area contributed by atoms with Crippen molar-refractivity contribution < 1.29 is 28.7 Å². The monoisotopic (exact) mass is 598 g/mol. The number of nitrogens with zero attached hydrogens (tertiary/aromatic N) is 2. The van der Waals surface area contributed by atoms with Crippen molar-refractivity contribution in [1.82, 2.24) is 4.90 Å². The molecule has 6 atom stereocenters. The fourth-order valence-corrected chi connectivity index (χ4v) is 8.13. The van der Waals surface area contributed by atoms with Crippen LogP contribution < -0.4 is 4.90 Å². The molecular formula is C34H28ClFN2O5. The highest BCUT2D eigenvalue weighted by molar-refractivity contribution is 6.31. The summed E-state index contributed by atoms with van der Waals surface area (Å²) in [6.45, 7) is 1.92. The molecule has 43 heavy (non-hydrogen) atoms. The van der Waals surface area contributed by atoms with Gasteiger partial charge in [0.05, 0.1) is 40.4 Å². The summed E-state index contributed by atoms with van der Waals surface area (Å²) in [7, 11) is 0. The Hall–Kier alpha value is -4.30. The molecule has 2 aliphatic heterocycles. The van der Waals surface area contributed by atoms with Crippen LogP contribution in [-0.2, 0) is 25.7 Å². The van der Waals surface area contributed by atoms with Crippen molar-refractivity contribution in [3.63, 3.8) is 0 Å². The second kappa shape index (κ2) is 9.88. The first-order valence-corrected chi connectivity index (χ1v) is 14.7. The van der Waals surface area contributed by atoms with E-state index in [1.165, 1.54) is 23.1 Å². The minimum atomic E-state index is -1.27. The average Bonchev–Trinajstić information content (AvgIpc) is 3.34. The lowest BCUT2D eigenvalue weighted by atomic mass is 9.51. The normalized spacial score (nSPS) is 29.8. The summed E-state index contributed by atoms with van der Waals surface area (Å²) in [5, 5.41) is 10.2. The summed E-state index contributed by atoms with van der Waals surface area (Å²) in [5.74, 6) is -5.24. The molecule has 4 amide bonds. The van der Waals surface area contributed by atoms with Crippen LogP contribution in [0.5, 0.6) is 5.75 Å². The summed E-state index contributed by atoms with van der Waals surface area (Å²) in [6.07, 6.45) is 2.50. The molecule has 2 aliphatic carbocycles. The van der Waals surface area contributed by atoms with Crippen LogP contribution in [0, 0.1) is 34.9 Å². The Balaban J connectivity index is 1.33. The van der Waals surface area contributed by atoms with Gasteiger partial charge in [0.2, 0.25) is 23.6 Å². The topological polar surface area (TPSA) is 95.0 Å². The number of hydrogen-bond donors (Lipinski definition) is 1. The molecule has 3 aromatic rings. The summed E-state index contributed by atoms with van der Waals surface area (Å²) >= 11 is 6.04. The van der Waals surface area contributed by atoms with Crippen LogP contribution in [0.25, 0.3) is 0 Å². The lowest BCUT2D eigenvalue weighted by Crippen LogP contribution is -2.48. The predicted molar refractivity (Wildman–Crippen MR) is 156 cm³/mol. The molecule has 7 nitrogen and oxygen atoms in total. The fraction of sp³-hybridized carbons (Fsp3) is 0.294. The van der Waals surface area contributed by atoms with Crippen LogP contribution in [0.4, 0.5) is 10.1 Å². The molecule has 3 aromatic carbocycles. The standard InChI is InChI=1S/C34H28ClFN2O5/c1-34-25(31(41)38(33(34)43)20-10-13-27(36)26(35)15-20)16-24-22(29(34)19-8-5-9-21(39)14-19)11-12-23-28(24)32(42)37(30(23)40)17-18-6-3-2-4-7-18/h2-11,13-15,23-25,28-29,39H,12,16-17H2,1H3. The number of fused-ring (bicyclic) bond motifs is 4. The number of allylic oxidation sites excluding steroid dienone is 2. The van der Waals surface area contributed by atoms with Gasteiger partial charge in [-0.15, -0.1) is 0 Å². The van der Waals surface area contributed by atoms with Gasteiger partial charge < -0.3 is 5.11 Å². The quantitative estimate of drug-likeness (QED) is 0.311. The van der Waals surface area contributed by atoms with Gasteiger partial charge in [0, 0.05) is 5.92 Å². The highest BCUT2D eigenvalue weighted by Gasteiger charge is 2.67. The van der Waals surface area contributed by atoms with Gasteiger partial charge in [0.25, 0.3) is 0 Å². The summed E-state index contributed by atoms with van der Waals surface area (Å²) < 4.78 is 14.0. The number of phenolic OH excluding ortho intramolecular Hbond substituents is 1. The van der Waals surface area contributed by atoms with Crippen LogP contribution in [0.3, 0.4) is 0 Å². The van der Waals surface area contributed by atoms with Gasteiger partial charge in [-0.3, -0.25) is 24.1 Å². The van der Waals surface area contributed by atoms with Crippen molar-refractivity contribution >= 4 is 40.9 Å². The van der Waals surface area contributed by atoms with Crippen LogP contribution in [0.1, 0.15) is 36.8 Å². The number of likely N-dealkylation sites (tertiary alicyclic amines) is 1. The van der Waals surface area contributed by atoms with E-state index in [0.717, 1.165) is 22.1 Å². The van der Waals surface area contributed by atoms with E-state index in [9.17, 15) is 28.7 Å². The predicted octanol–water partition coefficient (Wildman–Crippen LogP) is 5.62. The molecule has 9 heteroatoms. The van der Waals surface area contributed by atoms with Gasteiger partial charge in [0.1, 0.15) is 11.6 Å². The van der Waals surface area contributed by atoms with Crippen LogP contribution >= 0.6 is 11.6 Å². The summed E-state index contributed by atoms with van der Waals surface area (Å²) in [6, 6.07) is 19.7. The Morgan fingerprint density at radius 1 is 0.930 bits per heavy atom. The molecule has 1 saturated carbocycles. The average molecular weight is 599 g/mol.